The largest absolute Gasteiger partial charge is 0.459 e. The predicted molar refractivity (Wildman–Crippen MR) is 90.3 cm³/mol. The number of carbonyl (C=O) groups is 2. The van der Waals surface area contributed by atoms with E-state index in [-0.39, 0.29) is 17.6 Å². The first-order valence-corrected chi connectivity index (χ1v) is 8.09. The first-order valence-electron chi connectivity index (χ1n) is 8.09. The maximum absolute atomic E-state index is 12.0. The highest BCUT2D eigenvalue weighted by Gasteiger charge is 2.11. The summed E-state index contributed by atoms with van der Waals surface area (Å²) in [7, 11) is 0. The molecule has 0 saturated carbocycles. The molecule has 0 fully saturated rings. The topological polar surface area (TPSA) is 73.0 Å². The summed E-state index contributed by atoms with van der Waals surface area (Å²) in [6.07, 6.45) is 1.44. The van der Waals surface area contributed by atoms with Crippen LogP contribution in [-0.2, 0) is 4.74 Å². The molecule has 0 bridgehead atoms. The molecule has 0 unspecified atom stereocenters. The smallest absolute Gasteiger partial charge is 0.338 e. The van der Waals surface area contributed by atoms with E-state index in [4.69, 9.17) is 9.15 Å². The Bertz CT molecular complexity index is 646. The molecular formula is C18H23N2O4+. The fourth-order valence-electron chi connectivity index (χ4n) is 2.27. The van der Waals surface area contributed by atoms with Crippen LogP contribution in [0.4, 0.5) is 5.69 Å². The summed E-state index contributed by atoms with van der Waals surface area (Å²) < 4.78 is 10.3. The van der Waals surface area contributed by atoms with Gasteiger partial charge >= 0.3 is 5.97 Å². The molecule has 0 aliphatic carbocycles. The number of anilines is 1. The van der Waals surface area contributed by atoms with Crippen LogP contribution >= 0.6 is 0 Å². The Morgan fingerprint density at radius 1 is 1.12 bits per heavy atom. The highest BCUT2D eigenvalue weighted by molar-refractivity contribution is 6.02. The van der Waals surface area contributed by atoms with Gasteiger partial charge in [0.1, 0.15) is 13.2 Å². The first-order chi connectivity index (χ1) is 11.6. The van der Waals surface area contributed by atoms with Crippen LogP contribution in [0.2, 0.25) is 0 Å². The van der Waals surface area contributed by atoms with Crippen LogP contribution < -0.4 is 10.2 Å². The number of esters is 1. The number of furan rings is 1. The molecule has 0 saturated heterocycles. The van der Waals surface area contributed by atoms with Gasteiger partial charge < -0.3 is 19.4 Å². The minimum Gasteiger partial charge on any atom is -0.459 e. The van der Waals surface area contributed by atoms with Gasteiger partial charge in [0.05, 0.1) is 24.9 Å². The second-order valence-corrected chi connectivity index (χ2v) is 5.35. The summed E-state index contributed by atoms with van der Waals surface area (Å²) >= 11 is 0. The summed E-state index contributed by atoms with van der Waals surface area (Å²) in [6, 6.07) is 9.81. The van der Waals surface area contributed by atoms with E-state index in [2.05, 4.69) is 19.2 Å². The van der Waals surface area contributed by atoms with Crippen LogP contribution in [0.5, 0.6) is 0 Å². The Hall–Kier alpha value is -2.60. The summed E-state index contributed by atoms with van der Waals surface area (Å²) in [5.74, 6) is -0.458. The second kappa shape index (κ2) is 8.88. The normalized spacial score (nSPS) is 10.6. The van der Waals surface area contributed by atoms with Crippen molar-refractivity contribution in [2.45, 2.75) is 13.8 Å². The molecule has 1 aromatic carbocycles. The van der Waals surface area contributed by atoms with E-state index in [0.29, 0.717) is 17.9 Å². The molecule has 0 aliphatic rings. The molecule has 1 amide bonds. The van der Waals surface area contributed by atoms with Crippen molar-refractivity contribution >= 4 is 17.6 Å². The fraction of sp³-hybridized carbons (Fsp3) is 0.333. The molecule has 2 aromatic rings. The van der Waals surface area contributed by atoms with E-state index < -0.39 is 0 Å². The maximum atomic E-state index is 12.0. The van der Waals surface area contributed by atoms with Gasteiger partial charge in [-0.1, -0.05) is 0 Å². The Kier molecular flexibility index (Phi) is 6.57. The van der Waals surface area contributed by atoms with Crippen LogP contribution in [0.25, 0.3) is 0 Å². The van der Waals surface area contributed by atoms with Crippen LogP contribution in [0.15, 0.2) is 47.1 Å². The average Bonchev–Trinajstić information content (AvgIpc) is 3.14. The van der Waals surface area contributed by atoms with E-state index in [1.54, 1.807) is 36.4 Å². The van der Waals surface area contributed by atoms with Gasteiger partial charge in [-0.3, -0.25) is 4.79 Å². The minimum absolute atomic E-state index is 0.234. The number of carbonyl (C=O) groups excluding carboxylic acids is 2. The molecule has 2 N–H and O–H groups in total. The monoisotopic (exact) mass is 331 g/mol. The number of amides is 1. The molecule has 24 heavy (non-hydrogen) atoms. The van der Waals surface area contributed by atoms with Gasteiger partial charge in [-0.25, -0.2) is 4.79 Å². The zero-order valence-corrected chi connectivity index (χ0v) is 14.0. The lowest BCUT2D eigenvalue weighted by Crippen LogP contribution is -3.11. The van der Waals surface area contributed by atoms with Gasteiger partial charge in [-0.05, 0) is 50.2 Å². The van der Waals surface area contributed by atoms with E-state index in [0.717, 1.165) is 19.6 Å². The van der Waals surface area contributed by atoms with Crippen molar-refractivity contribution in [1.82, 2.24) is 0 Å². The van der Waals surface area contributed by atoms with Crippen molar-refractivity contribution in [3.8, 4) is 0 Å². The van der Waals surface area contributed by atoms with E-state index >= 15 is 0 Å². The van der Waals surface area contributed by atoms with E-state index in [9.17, 15) is 9.59 Å². The zero-order valence-electron chi connectivity index (χ0n) is 14.0. The van der Waals surface area contributed by atoms with Crippen molar-refractivity contribution in [3.05, 3.63) is 54.0 Å². The lowest BCUT2D eigenvalue weighted by molar-refractivity contribution is -0.896. The average molecular weight is 331 g/mol. The molecular weight excluding hydrogens is 308 g/mol. The zero-order chi connectivity index (χ0) is 17.4. The molecule has 1 aromatic heterocycles. The van der Waals surface area contributed by atoms with Crippen molar-refractivity contribution in [2.75, 3.05) is 31.6 Å². The predicted octanol–water partition coefficient (Wildman–Crippen LogP) is 1.61. The van der Waals surface area contributed by atoms with Crippen molar-refractivity contribution in [2.24, 2.45) is 0 Å². The SMILES string of the molecule is CC[NH+](CC)CCOC(=O)c1ccc(NC(=O)c2ccco2)cc1. The van der Waals surface area contributed by atoms with Crippen LogP contribution in [0.1, 0.15) is 34.8 Å². The van der Waals surface area contributed by atoms with E-state index in [1.165, 1.54) is 11.2 Å². The van der Waals surface area contributed by atoms with E-state index in [1.807, 2.05) is 0 Å². The Balaban J connectivity index is 1.84. The summed E-state index contributed by atoms with van der Waals surface area (Å²) in [6.45, 7) is 7.44. The Morgan fingerprint density at radius 2 is 1.83 bits per heavy atom. The van der Waals surface area contributed by atoms with Gasteiger partial charge in [0, 0.05) is 5.69 Å². The molecule has 0 spiro atoms. The summed E-state index contributed by atoms with van der Waals surface area (Å²) in [5, 5.41) is 2.70. The van der Waals surface area contributed by atoms with Gasteiger partial charge in [0.25, 0.3) is 5.91 Å². The number of rotatable bonds is 8. The fourth-order valence-corrected chi connectivity index (χ4v) is 2.27. The van der Waals surface area contributed by atoms with Crippen molar-refractivity contribution in [3.63, 3.8) is 0 Å². The lowest BCUT2D eigenvalue weighted by Gasteiger charge is -2.15. The maximum Gasteiger partial charge on any atom is 0.338 e. The third kappa shape index (κ3) is 4.96. The van der Waals surface area contributed by atoms with Crippen LogP contribution in [0, 0.1) is 0 Å². The Labute approximate surface area is 141 Å². The molecule has 6 heteroatoms. The molecule has 128 valence electrons. The molecule has 6 nitrogen and oxygen atoms in total. The number of ether oxygens (including phenoxy) is 1. The number of quaternary nitrogens is 1. The molecule has 0 atom stereocenters. The number of nitrogens with one attached hydrogen (secondary N) is 2. The van der Waals surface area contributed by atoms with Gasteiger partial charge in [0.15, 0.2) is 5.76 Å². The lowest BCUT2D eigenvalue weighted by atomic mass is 10.2. The minimum atomic E-state index is -0.356. The third-order valence-corrected chi connectivity index (χ3v) is 3.81. The highest BCUT2D eigenvalue weighted by atomic mass is 16.5. The molecule has 2 rings (SSSR count). The first kappa shape index (κ1) is 17.7. The van der Waals surface area contributed by atoms with Crippen LogP contribution in [-0.4, -0.2) is 38.1 Å². The quantitative estimate of drug-likeness (QED) is 0.721. The van der Waals surface area contributed by atoms with Gasteiger partial charge in [-0.15, -0.1) is 0 Å². The number of likely N-dealkylation sites (N-methyl/N-ethyl adjacent to an activating group) is 1. The number of benzene rings is 1. The third-order valence-electron chi connectivity index (χ3n) is 3.81. The van der Waals surface area contributed by atoms with Crippen molar-refractivity contribution < 1.29 is 23.6 Å². The Morgan fingerprint density at radius 3 is 2.42 bits per heavy atom. The van der Waals surface area contributed by atoms with Crippen molar-refractivity contribution in [1.29, 1.82) is 0 Å². The van der Waals surface area contributed by atoms with Gasteiger partial charge in [-0.2, -0.15) is 0 Å². The van der Waals surface area contributed by atoms with Crippen LogP contribution in [0.3, 0.4) is 0 Å². The second-order valence-electron chi connectivity index (χ2n) is 5.35. The summed E-state index contributed by atoms with van der Waals surface area (Å²) in [5.41, 5.74) is 1.04. The molecule has 0 radical (unpaired) electrons. The molecule has 0 aliphatic heterocycles. The number of hydrogen-bond donors (Lipinski definition) is 2. The molecule has 1 heterocycles. The standard InChI is InChI=1S/C18H22N2O4/c1-3-20(4-2)11-13-24-18(22)14-7-9-15(10-8-14)19-17(21)16-6-5-12-23-16/h5-10,12H,3-4,11,13H2,1-2H3,(H,19,21)/p+1. The summed E-state index contributed by atoms with van der Waals surface area (Å²) in [4.78, 5) is 25.2. The van der Waals surface area contributed by atoms with Gasteiger partial charge in [0.2, 0.25) is 0 Å². The number of hydrogen-bond acceptors (Lipinski definition) is 4. The highest BCUT2D eigenvalue weighted by Crippen LogP contribution is 2.12.